The summed E-state index contributed by atoms with van der Waals surface area (Å²) < 4.78 is 0. The van der Waals surface area contributed by atoms with Gasteiger partial charge in [-0.2, -0.15) is 0 Å². The number of carbonyl (C=O) groups excluding carboxylic acids is 2. The molecule has 21 heavy (non-hydrogen) atoms. The fourth-order valence-corrected chi connectivity index (χ4v) is 3.02. The zero-order valence-electron chi connectivity index (χ0n) is 12.0. The second-order valence-electron chi connectivity index (χ2n) is 5.94. The largest absolute Gasteiger partial charge is 0.346 e. The molecule has 1 aliphatic carbocycles. The van der Waals surface area contributed by atoms with Crippen LogP contribution in [0.2, 0.25) is 0 Å². The van der Waals surface area contributed by atoms with E-state index < -0.39 is 6.04 Å². The molecule has 2 amide bonds. The van der Waals surface area contributed by atoms with E-state index in [0.29, 0.717) is 12.3 Å². The third-order valence-electron chi connectivity index (χ3n) is 4.47. The lowest BCUT2D eigenvalue weighted by Gasteiger charge is -2.35. The number of nitrogens with zero attached hydrogens (tertiary/aromatic N) is 1. The Hall–Kier alpha value is -1.91. The van der Waals surface area contributed by atoms with E-state index >= 15 is 0 Å². The molecule has 2 heterocycles. The van der Waals surface area contributed by atoms with Crippen molar-refractivity contribution in [1.82, 2.24) is 15.6 Å². The zero-order chi connectivity index (χ0) is 14.7. The van der Waals surface area contributed by atoms with Crippen molar-refractivity contribution in [3.63, 3.8) is 0 Å². The first-order valence-corrected chi connectivity index (χ1v) is 7.75. The number of amides is 2. The Morgan fingerprint density at radius 1 is 1.29 bits per heavy atom. The van der Waals surface area contributed by atoms with E-state index in [1.54, 1.807) is 6.20 Å². The van der Waals surface area contributed by atoms with Crippen LogP contribution in [0.5, 0.6) is 0 Å². The van der Waals surface area contributed by atoms with E-state index in [-0.39, 0.29) is 17.9 Å². The van der Waals surface area contributed by atoms with Crippen molar-refractivity contribution in [3.8, 4) is 0 Å². The molecule has 5 heteroatoms. The van der Waals surface area contributed by atoms with Crippen LogP contribution in [0.25, 0.3) is 0 Å². The van der Waals surface area contributed by atoms with Gasteiger partial charge in [0.15, 0.2) is 0 Å². The molecule has 112 valence electrons. The van der Waals surface area contributed by atoms with Crippen LogP contribution < -0.4 is 10.6 Å². The van der Waals surface area contributed by atoms with Crippen LogP contribution in [0.3, 0.4) is 0 Å². The maximum Gasteiger partial charge on any atom is 0.243 e. The van der Waals surface area contributed by atoms with Gasteiger partial charge in [-0.05, 0) is 43.7 Å². The van der Waals surface area contributed by atoms with Crippen LogP contribution in [0.15, 0.2) is 24.4 Å². The highest BCUT2D eigenvalue weighted by atomic mass is 16.2. The smallest absolute Gasteiger partial charge is 0.243 e. The van der Waals surface area contributed by atoms with Crippen LogP contribution in [0.4, 0.5) is 0 Å². The summed E-state index contributed by atoms with van der Waals surface area (Å²) >= 11 is 0. The summed E-state index contributed by atoms with van der Waals surface area (Å²) in [5.41, 5.74) is 0.915. The van der Waals surface area contributed by atoms with Crippen molar-refractivity contribution in [2.75, 3.05) is 0 Å². The lowest BCUT2D eigenvalue weighted by Crippen LogP contribution is -2.51. The molecule has 0 radical (unpaired) electrons. The molecule has 0 bridgehead atoms. The minimum absolute atomic E-state index is 0.0283. The van der Waals surface area contributed by atoms with Gasteiger partial charge in [-0.3, -0.25) is 14.6 Å². The van der Waals surface area contributed by atoms with Crippen molar-refractivity contribution in [2.45, 2.75) is 50.6 Å². The fourth-order valence-electron chi connectivity index (χ4n) is 3.02. The van der Waals surface area contributed by atoms with E-state index in [4.69, 9.17) is 0 Å². The average Bonchev–Trinajstić information content (AvgIpc) is 2.45. The normalized spacial score (nSPS) is 23.8. The van der Waals surface area contributed by atoms with Gasteiger partial charge in [0.2, 0.25) is 11.8 Å². The van der Waals surface area contributed by atoms with Crippen molar-refractivity contribution >= 4 is 11.8 Å². The Bertz CT molecular complexity index is 514. The Morgan fingerprint density at radius 2 is 2.14 bits per heavy atom. The summed E-state index contributed by atoms with van der Waals surface area (Å²) in [5, 5.41) is 5.89. The van der Waals surface area contributed by atoms with E-state index in [9.17, 15) is 9.59 Å². The number of piperidine rings is 1. The first-order chi connectivity index (χ1) is 10.2. The molecule has 1 unspecified atom stereocenters. The van der Waals surface area contributed by atoms with E-state index in [1.807, 2.05) is 18.2 Å². The SMILES string of the molecule is O=C1CCC[C@H](C(=O)NC(c2ccccn2)C2CCC2)N1. The first-order valence-electron chi connectivity index (χ1n) is 7.75. The van der Waals surface area contributed by atoms with Gasteiger partial charge in [0, 0.05) is 12.6 Å². The van der Waals surface area contributed by atoms with Crippen molar-refractivity contribution in [3.05, 3.63) is 30.1 Å². The molecule has 1 aliphatic heterocycles. The lowest BCUT2D eigenvalue weighted by atomic mass is 9.78. The molecule has 2 N–H and O–H groups in total. The molecule has 1 aromatic rings. The highest BCUT2D eigenvalue weighted by Gasteiger charge is 2.33. The van der Waals surface area contributed by atoms with E-state index in [0.717, 1.165) is 31.4 Å². The Kier molecular flexibility index (Phi) is 4.18. The Labute approximate surface area is 124 Å². The quantitative estimate of drug-likeness (QED) is 0.885. The lowest BCUT2D eigenvalue weighted by molar-refractivity contribution is -0.131. The molecule has 2 fully saturated rings. The number of hydrogen-bond donors (Lipinski definition) is 2. The van der Waals surface area contributed by atoms with Crippen LogP contribution >= 0.6 is 0 Å². The summed E-state index contributed by atoms with van der Waals surface area (Å²) in [6, 6.07) is 5.36. The van der Waals surface area contributed by atoms with Gasteiger partial charge in [-0.1, -0.05) is 12.5 Å². The molecule has 1 aromatic heterocycles. The van der Waals surface area contributed by atoms with Crippen LogP contribution in [-0.4, -0.2) is 22.8 Å². The second-order valence-corrected chi connectivity index (χ2v) is 5.94. The third-order valence-corrected chi connectivity index (χ3v) is 4.47. The van der Waals surface area contributed by atoms with Crippen molar-refractivity contribution < 1.29 is 9.59 Å². The van der Waals surface area contributed by atoms with Crippen molar-refractivity contribution in [2.24, 2.45) is 5.92 Å². The van der Waals surface area contributed by atoms with Gasteiger partial charge in [0.1, 0.15) is 6.04 Å². The number of rotatable bonds is 4. The second kappa shape index (κ2) is 6.24. The number of carbonyl (C=O) groups is 2. The molecule has 5 nitrogen and oxygen atoms in total. The number of aromatic nitrogens is 1. The maximum atomic E-state index is 12.4. The predicted molar refractivity (Wildman–Crippen MR) is 78.2 cm³/mol. The minimum atomic E-state index is -0.391. The molecule has 3 rings (SSSR count). The summed E-state index contributed by atoms with van der Waals surface area (Å²) in [4.78, 5) is 28.2. The van der Waals surface area contributed by atoms with Crippen LogP contribution in [0.1, 0.15) is 50.3 Å². The monoisotopic (exact) mass is 287 g/mol. The molecule has 0 aromatic carbocycles. The van der Waals surface area contributed by atoms with Gasteiger partial charge in [-0.25, -0.2) is 0 Å². The highest BCUT2D eigenvalue weighted by Crippen LogP contribution is 2.37. The zero-order valence-corrected chi connectivity index (χ0v) is 12.0. The Morgan fingerprint density at radius 3 is 2.76 bits per heavy atom. The molecule has 1 saturated heterocycles. The first kappa shape index (κ1) is 14.0. The van der Waals surface area contributed by atoms with Gasteiger partial charge >= 0.3 is 0 Å². The summed E-state index contributed by atoms with van der Waals surface area (Å²) in [6.45, 7) is 0. The average molecular weight is 287 g/mol. The number of pyridine rings is 1. The summed E-state index contributed by atoms with van der Waals surface area (Å²) in [5.74, 6) is 0.355. The topological polar surface area (TPSA) is 71.1 Å². The summed E-state index contributed by atoms with van der Waals surface area (Å²) in [7, 11) is 0. The molecular formula is C16H21N3O2. The van der Waals surface area contributed by atoms with Gasteiger partial charge < -0.3 is 10.6 Å². The maximum absolute atomic E-state index is 12.4. The Balaban J connectivity index is 1.69. The highest BCUT2D eigenvalue weighted by molar-refractivity contribution is 5.88. The standard InChI is InChI=1S/C16H21N3O2/c20-14-9-4-8-13(18-14)16(21)19-15(11-5-3-6-11)12-7-1-2-10-17-12/h1-2,7,10-11,13,15H,3-6,8-9H2,(H,18,20)(H,19,21)/t13-,15?/m1/s1. The molecule has 1 saturated carbocycles. The van der Waals surface area contributed by atoms with Crippen LogP contribution in [0, 0.1) is 5.92 Å². The molecule has 2 aliphatic rings. The minimum Gasteiger partial charge on any atom is -0.346 e. The van der Waals surface area contributed by atoms with Crippen LogP contribution in [-0.2, 0) is 9.59 Å². The van der Waals surface area contributed by atoms with Gasteiger partial charge in [0.05, 0.1) is 11.7 Å². The predicted octanol–water partition coefficient (Wildman–Crippen LogP) is 1.71. The fraction of sp³-hybridized carbons (Fsp3) is 0.562. The van der Waals surface area contributed by atoms with E-state index in [2.05, 4.69) is 15.6 Å². The number of nitrogens with one attached hydrogen (secondary N) is 2. The van der Waals surface area contributed by atoms with Gasteiger partial charge in [-0.15, -0.1) is 0 Å². The van der Waals surface area contributed by atoms with E-state index in [1.165, 1.54) is 6.42 Å². The molecule has 2 atom stereocenters. The molecular weight excluding hydrogens is 266 g/mol. The van der Waals surface area contributed by atoms with Gasteiger partial charge in [0.25, 0.3) is 0 Å². The summed E-state index contributed by atoms with van der Waals surface area (Å²) in [6.07, 6.45) is 7.24. The third kappa shape index (κ3) is 3.23. The molecule has 0 spiro atoms. The van der Waals surface area contributed by atoms with Crippen molar-refractivity contribution in [1.29, 1.82) is 0 Å². The number of hydrogen-bond acceptors (Lipinski definition) is 3.